The van der Waals surface area contributed by atoms with Crippen molar-refractivity contribution in [2.75, 3.05) is 12.2 Å². The molecule has 62 valence electrons. The van der Waals surface area contributed by atoms with E-state index in [2.05, 4.69) is 0 Å². The van der Waals surface area contributed by atoms with Crippen molar-refractivity contribution in [3.8, 4) is 6.07 Å². The Balaban J connectivity index is 3.32. The highest BCUT2D eigenvalue weighted by Gasteiger charge is 2.08. The first kappa shape index (κ1) is 8.54. The zero-order valence-electron chi connectivity index (χ0n) is 7.00. The number of benzene rings is 1. The van der Waals surface area contributed by atoms with Gasteiger partial charge in [-0.1, -0.05) is 12.1 Å². The Hall–Kier alpha value is -1.56. The third-order valence-electron chi connectivity index (χ3n) is 1.67. The summed E-state index contributed by atoms with van der Waals surface area (Å²) in [5.74, 6) is 0. The molecule has 1 aromatic carbocycles. The van der Waals surface area contributed by atoms with Crippen LogP contribution in [0.4, 0.5) is 10.2 Å². The number of anilines is 1. The van der Waals surface area contributed by atoms with Gasteiger partial charge in [-0.15, -0.1) is 4.48 Å². The molecule has 12 heavy (non-hydrogen) atoms. The molecule has 0 heterocycles. The fraction of sp³-hybridized carbons (Fsp3) is 0.222. The fourth-order valence-electron chi connectivity index (χ4n) is 1.16. The van der Waals surface area contributed by atoms with Gasteiger partial charge in [0, 0.05) is 7.05 Å². The van der Waals surface area contributed by atoms with Crippen LogP contribution in [0.5, 0.6) is 0 Å². The van der Waals surface area contributed by atoms with Crippen LogP contribution < -0.4 is 5.12 Å². The summed E-state index contributed by atoms with van der Waals surface area (Å²) in [5, 5.41) is 9.11. The molecule has 0 aromatic heterocycles. The van der Waals surface area contributed by atoms with Gasteiger partial charge in [0.15, 0.2) is 0 Å². The summed E-state index contributed by atoms with van der Waals surface area (Å²) < 4.78 is 12.8. The maximum absolute atomic E-state index is 12.8. The normalized spacial score (nSPS) is 9.17. The Morgan fingerprint density at radius 2 is 2.17 bits per heavy atom. The quantitative estimate of drug-likeness (QED) is 0.595. The second kappa shape index (κ2) is 3.22. The number of halogens is 1. The Morgan fingerprint density at radius 3 is 2.58 bits per heavy atom. The van der Waals surface area contributed by atoms with Gasteiger partial charge in [0.2, 0.25) is 0 Å². The lowest BCUT2D eigenvalue weighted by Gasteiger charge is -2.11. The highest BCUT2D eigenvalue weighted by atomic mass is 19.2. The van der Waals surface area contributed by atoms with Gasteiger partial charge < -0.3 is 0 Å². The minimum Gasteiger partial charge on any atom is -0.213 e. The predicted octanol–water partition coefficient (Wildman–Crippen LogP) is 2.19. The molecule has 2 nitrogen and oxygen atoms in total. The van der Waals surface area contributed by atoms with Gasteiger partial charge in [-0.25, -0.2) is 5.12 Å². The topological polar surface area (TPSA) is 27.0 Å². The van der Waals surface area contributed by atoms with Crippen LogP contribution in [0, 0.1) is 18.3 Å². The molecule has 0 amide bonds. The van der Waals surface area contributed by atoms with Crippen LogP contribution >= 0.6 is 0 Å². The average molecular weight is 164 g/mol. The maximum Gasteiger partial charge on any atom is 0.101 e. The van der Waals surface area contributed by atoms with E-state index in [9.17, 15) is 4.48 Å². The van der Waals surface area contributed by atoms with Gasteiger partial charge in [0.05, 0.1) is 11.3 Å². The molecule has 0 aliphatic carbocycles. The van der Waals surface area contributed by atoms with Gasteiger partial charge in [0.1, 0.15) is 6.07 Å². The number of hydrogen-bond donors (Lipinski definition) is 0. The lowest BCUT2D eigenvalue weighted by molar-refractivity contribution is 0.474. The zero-order valence-corrected chi connectivity index (χ0v) is 7.00. The van der Waals surface area contributed by atoms with E-state index in [0.717, 1.165) is 5.56 Å². The smallest absolute Gasteiger partial charge is 0.101 e. The van der Waals surface area contributed by atoms with Gasteiger partial charge in [-0.3, -0.25) is 0 Å². The van der Waals surface area contributed by atoms with Crippen LogP contribution in [-0.2, 0) is 0 Å². The summed E-state index contributed by atoms with van der Waals surface area (Å²) in [6, 6.07) is 7.04. The predicted molar refractivity (Wildman–Crippen MR) is 45.4 cm³/mol. The molecule has 0 atom stereocenters. The summed E-state index contributed by atoms with van der Waals surface area (Å²) in [6.07, 6.45) is 0. The first-order valence-electron chi connectivity index (χ1n) is 3.56. The highest BCUT2D eigenvalue weighted by molar-refractivity contribution is 5.61. The number of nitriles is 1. The number of hydrogen-bond acceptors (Lipinski definition) is 2. The van der Waals surface area contributed by atoms with Gasteiger partial charge in [0.25, 0.3) is 0 Å². The summed E-state index contributed by atoms with van der Waals surface area (Å²) in [7, 11) is 1.28. The third kappa shape index (κ3) is 1.37. The van der Waals surface area contributed by atoms with E-state index in [1.165, 1.54) is 7.05 Å². The largest absolute Gasteiger partial charge is 0.213 e. The lowest BCUT2D eigenvalue weighted by atomic mass is 10.1. The van der Waals surface area contributed by atoms with Crippen molar-refractivity contribution >= 4 is 5.69 Å². The molecule has 0 unspecified atom stereocenters. The molecule has 0 aliphatic heterocycles. The van der Waals surface area contributed by atoms with E-state index < -0.39 is 0 Å². The highest BCUT2D eigenvalue weighted by Crippen LogP contribution is 2.23. The standard InChI is InChI=1S/C9H9FN2/c1-7-4-3-5-8(6-11)9(7)12(2)10/h3-5H,1-2H3. The van der Waals surface area contributed by atoms with Crippen LogP contribution in [-0.4, -0.2) is 7.05 Å². The van der Waals surface area contributed by atoms with Gasteiger partial charge >= 0.3 is 0 Å². The molecule has 0 saturated carbocycles. The Bertz CT molecular complexity index is 326. The minimum absolute atomic E-state index is 0.347. The van der Waals surface area contributed by atoms with Crippen LogP contribution in [0.15, 0.2) is 18.2 Å². The molecule has 0 radical (unpaired) electrons. The Morgan fingerprint density at radius 1 is 1.50 bits per heavy atom. The van der Waals surface area contributed by atoms with Crippen molar-refractivity contribution in [2.24, 2.45) is 0 Å². The minimum atomic E-state index is 0.347. The van der Waals surface area contributed by atoms with E-state index >= 15 is 0 Å². The zero-order chi connectivity index (χ0) is 9.14. The first-order chi connectivity index (χ1) is 5.66. The second-order valence-corrected chi connectivity index (χ2v) is 2.56. The third-order valence-corrected chi connectivity index (χ3v) is 1.67. The molecular weight excluding hydrogens is 155 g/mol. The van der Waals surface area contributed by atoms with Crippen molar-refractivity contribution in [2.45, 2.75) is 6.92 Å². The Kier molecular flexibility index (Phi) is 2.29. The van der Waals surface area contributed by atoms with E-state index in [1.807, 2.05) is 6.07 Å². The van der Waals surface area contributed by atoms with Gasteiger partial charge in [-0.05, 0) is 18.6 Å². The summed E-state index contributed by atoms with van der Waals surface area (Å²) in [5.41, 5.74) is 1.47. The monoisotopic (exact) mass is 164 g/mol. The molecule has 1 rings (SSSR count). The second-order valence-electron chi connectivity index (χ2n) is 2.56. The van der Waals surface area contributed by atoms with Crippen molar-refractivity contribution in [1.82, 2.24) is 0 Å². The lowest BCUT2D eigenvalue weighted by Crippen LogP contribution is -2.06. The molecule has 0 N–H and O–H groups in total. The summed E-state index contributed by atoms with van der Waals surface area (Å²) in [4.78, 5) is 0. The maximum atomic E-state index is 12.8. The van der Waals surface area contributed by atoms with E-state index in [-0.39, 0.29) is 0 Å². The van der Waals surface area contributed by atoms with Crippen molar-refractivity contribution in [1.29, 1.82) is 5.26 Å². The van der Waals surface area contributed by atoms with Crippen LogP contribution in [0.25, 0.3) is 0 Å². The number of nitrogens with zero attached hydrogens (tertiary/aromatic N) is 2. The number of rotatable bonds is 1. The van der Waals surface area contributed by atoms with Crippen molar-refractivity contribution < 1.29 is 4.48 Å². The fourth-order valence-corrected chi connectivity index (χ4v) is 1.16. The van der Waals surface area contributed by atoms with Crippen LogP contribution in [0.2, 0.25) is 0 Å². The van der Waals surface area contributed by atoms with E-state index in [0.29, 0.717) is 16.4 Å². The molecule has 0 aliphatic rings. The van der Waals surface area contributed by atoms with Crippen molar-refractivity contribution in [3.05, 3.63) is 29.3 Å². The SMILES string of the molecule is Cc1cccc(C#N)c1N(C)F. The van der Waals surface area contributed by atoms with Crippen LogP contribution in [0.3, 0.4) is 0 Å². The molecule has 3 heteroatoms. The average Bonchev–Trinajstić information content (AvgIpc) is 2.03. The molecule has 0 fully saturated rings. The molecule has 0 spiro atoms. The molecular formula is C9H9FN2. The van der Waals surface area contributed by atoms with Crippen LogP contribution in [0.1, 0.15) is 11.1 Å². The Labute approximate surface area is 70.8 Å². The summed E-state index contributed by atoms with van der Waals surface area (Å²) >= 11 is 0. The molecule has 1 aromatic rings. The van der Waals surface area contributed by atoms with E-state index in [4.69, 9.17) is 5.26 Å². The summed E-state index contributed by atoms with van der Waals surface area (Å²) in [6.45, 7) is 1.77. The van der Waals surface area contributed by atoms with E-state index in [1.54, 1.807) is 25.1 Å². The van der Waals surface area contributed by atoms with Crippen molar-refractivity contribution in [3.63, 3.8) is 0 Å². The molecule has 0 saturated heterocycles. The number of aryl methyl sites for hydroxylation is 1. The van der Waals surface area contributed by atoms with Gasteiger partial charge in [-0.2, -0.15) is 5.26 Å². The number of para-hydroxylation sites is 1. The first-order valence-corrected chi connectivity index (χ1v) is 3.56. The molecule has 0 bridgehead atoms.